The zero-order valence-electron chi connectivity index (χ0n) is 22.3. The molecule has 3 aromatic heterocycles. The molecule has 2 aliphatic carbocycles. The third-order valence-corrected chi connectivity index (χ3v) is 9.39. The number of rotatable bonds is 8. The van der Waals surface area contributed by atoms with E-state index in [0.29, 0.717) is 36.3 Å². The molecule has 4 atom stereocenters. The van der Waals surface area contributed by atoms with Gasteiger partial charge >= 0.3 is 0 Å². The number of imidazole rings is 1. The molecule has 3 aliphatic rings. The number of ether oxygens (including phenoxy) is 1. The number of aliphatic hydroxyl groups excluding tert-OH is 2. The third-order valence-electron chi connectivity index (χ3n) is 9.39. The molecule has 1 aromatic carbocycles. The van der Waals surface area contributed by atoms with E-state index >= 15 is 0 Å². The second kappa shape index (κ2) is 9.55. The predicted molar refractivity (Wildman–Crippen MR) is 148 cm³/mol. The SMILES string of the molecule is CC1(NC[C@H]2C[C@@H](n3ccc4c(N)ncnc43)[C@H](O)[C@@H]2O)CC(CCc2nc3cc(C4COC4)ccc3[nH]2)C1. The van der Waals surface area contributed by atoms with Crippen LogP contribution >= 0.6 is 0 Å². The van der Waals surface area contributed by atoms with Gasteiger partial charge in [-0.15, -0.1) is 0 Å². The molecule has 0 radical (unpaired) electrons. The summed E-state index contributed by atoms with van der Waals surface area (Å²) in [7, 11) is 0. The van der Waals surface area contributed by atoms with Gasteiger partial charge in [-0.3, -0.25) is 0 Å². The van der Waals surface area contributed by atoms with E-state index in [-0.39, 0.29) is 17.5 Å². The fraction of sp³-hybridized carbons (Fsp3) is 0.552. The van der Waals surface area contributed by atoms with Crippen molar-refractivity contribution in [2.45, 2.75) is 68.7 Å². The molecule has 0 spiro atoms. The van der Waals surface area contributed by atoms with Gasteiger partial charge in [-0.25, -0.2) is 15.0 Å². The molecule has 0 bridgehead atoms. The van der Waals surface area contributed by atoms with E-state index in [4.69, 9.17) is 15.5 Å². The van der Waals surface area contributed by atoms with Gasteiger partial charge in [0.25, 0.3) is 0 Å². The number of H-pyrrole nitrogens is 1. The van der Waals surface area contributed by atoms with Crippen LogP contribution in [0.1, 0.15) is 56.0 Å². The van der Waals surface area contributed by atoms with Crippen molar-refractivity contribution in [1.29, 1.82) is 0 Å². The first-order chi connectivity index (χ1) is 18.9. The van der Waals surface area contributed by atoms with E-state index in [0.717, 1.165) is 61.1 Å². The molecule has 3 fully saturated rings. The number of nitrogens with zero attached hydrogens (tertiary/aromatic N) is 4. The van der Waals surface area contributed by atoms with Crippen LogP contribution in [0.3, 0.4) is 0 Å². The Hall–Kier alpha value is -3.05. The van der Waals surface area contributed by atoms with E-state index in [1.54, 1.807) is 0 Å². The van der Waals surface area contributed by atoms with Crippen molar-refractivity contribution in [2.24, 2.45) is 11.8 Å². The molecular weight excluding hydrogens is 494 g/mol. The zero-order chi connectivity index (χ0) is 26.7. The first-order valence-corrected chi connectivity index (χ1v) is 14.1. The number of benzene rings is 1. The molecule has 0 unspecified atom stereocenters. The highest BCUT2D eigenvalue weighted by atomic mass is 16.5. The number of aryl methyl sites for hydroxylation is 1. The van der Waals surface area contributed by atoms with Crippen molar-refractivity contribution in [2.75, 3.05) is 25.5 Å². The summed E-state index contributed by atoms with van der Waals surface area (Å²) in [6.07, 6.45) is 6.62. The van der Waals surface area contributed by atoms with Gasteiger partial charge in [0.15, 0.2) is 0 Å². The highest BCUT2D eigenvalue weighted by Gasteiger charge is 2.45. The van der Waals surface area contributed by atoms with E-state index in [9.17, 15) is 10.2 Å². The Kier molecular flexibility index (Phi) is 6.11. The summed E-state index contributed by atoms with van der Waals surface area (Å²) in [5, 5.41) is 26.2. The Morgan fingerprint density at radius 2 is 2.03 bits per heavy atom. The fourth-order valence-electron chi connectivity index (χ4n) is 6.99. The van der Waals surface area contributed by atoms with Crippen LogP contribution in [0, 0.1) is 11.8 Å². The Balaban J connectivity index is 0.915. The van der Waals surface area contributed by atoms with Crippen LogP contribution in [0.15, 0.2) is 36.8 Å². The molecule has 1 aliphatic heterocycles. The fourth-order valence-corrected chi connectivity index (χ4v) is 6.99. The minimum absolute atomic E-state index is 0.0375. The van der Waals surface area contributed by atoms with Crippen LogP contribution in [0.4, 0.5) is 5.82 Å². The quantitative estimate of drug-likeness (QED) is 0.233. The van der Waals surface area contributed by atoms with Crippen LogP contribution in [-0.4, -0.2) is 72.2 Å². The number of hydrogen-bond acceptors (Lipinski definition) is 8. The molecule has 10 nitrogen and oxygen atoms in total. The Bertz CT molecular complexity index is 1490. The van der Waals surface area contributed by atoms with E-state index < -0.39 is 12.2 Å². The monoisotopic (exact) mass is 531 g/mol. The molecular formula is C29H37N7O3. The normalized spacial score (nSPS) is 31.1. The molecule has 10 heteroatoms. The smallest absolute Gasteiger partial charge is 0.145 e. The van der Waals surface area contributed by atoms with Crippen molar-refractivity contribution in [3.63, 3.8) is 0 Å². The highest BCUT2D eigenvalue weighted by molar-refractivity contribution is 5.86. The molecule has 6 N–H and O–H groups in total. The van der Waals surface area contributed by atoms with Crippen molar-refractivity contribution in [3.05, 3.63) is 48.2 Å². The lowest BCUT2D eigenvalue weighted by atomic mass is 9.67. The topological polar surface area (TPSA) is 147 Å². The third kappa shape index (κ3) is 4.49. The zero-order valence-corrected chi connectivity index (χ0v) is 22.3. The van der Waals surface area contributed by atoms with Crippen LogP contribution in [0.2, 0.25) is 0 Å². The number of nitrogen functional groups attached to an aromatic ring is 1. The highest BCUT2D eigenvalue weighted by Crippen LogP contribution is 2.42. The largest absolute Gasteiger partial charge is 0.390 e. The number of fused-ring (bicyclic) bond motifs is 2. The van der Waals surface area contributed by atoms with Gasteiger partial charge in [-0.1, -0.05) is 6.07 Å². The maximum absolute atomic E-state index is 10.9. The number of aromatic nitrogens is 5. The van der Waals surface area contributed by atoms with Crippen LogP contribution in [0.5, 0.6) is 0 Å². The first-order valence-electron chi connectivity index (χ1n) is 14.1. The minimum atomic E-state index is -0.854. The number of aromatic amines is 1. The number of nitrogens with one attached hydrogen (secondary N) is 2. The molecule has 7 rings (SSSR count). The summed E-state index contributed by atoms with van der Waals surface area (Å²) >= 11 is 0. The molecule has 2 saturated carbocycles. The standard InChI is InChI=1S/C29H37N7O3/c1-29(10-16(11-29)2-5-24-34-21-4-3-17(8-22(21)35-24)19-13-39-14-19)33-12-18-9-23(26(38)25(18)37)36-7-6-20-27(30)31-15-32-28(20)36/h3-4,6-8,15-16,18-19,23,25-26,33,37-38H,2,5,9-14H2,1H3,(H,34,35)(H2,30,31,32)/t16?,18-,23-,25-,26+,29?/m1/s1. The lowest BCUT2D eigenvalue weighted by molar-refractivity contribution is 0.00321. The predicted octanol–water partition coefficient (Wildman–Crippen LogP) is 2.68. The van der Waals surface area contributed by atoms with Crippen LogP contribution in [0.25, 0.3) is 22.1 Å². The van der Waals surface area contributed by atoms with Gasteiger partial charge in [0.2, 0.25) is 0 Å². The van der Waals surface area contributed by atoms with E-state index in [2.05, 4.69) is 45.4 Å². The lowest BCUT2D eigenvalue weighted by Gasteiger charge is -2.47. The maximum atomic E-state index is 10.9. The first kappa shape index (κ1) is 25.0. The molecule has 4 aromatic rings. The van der Waals surface area contributed by atoms with Crippen molar-refractivity contribution < 1.29 is 14.9 Å². The minimum Gasteiger partial charge on any atom is -0.390 e. The van der Waals surface area contributed by atoms with Gasteiger partial charge in [-0.2, -0.15) is 0 Å². The van der Waals surface area contributed by atoms with E-state index in [1.807, 2.05) is 16.8 Å². The average molecular weight is 532 g/mol. The van der Waals surface area contributed by atoms with Gasteiger partial charge in [0.05, 0.1) is 41.8 Å². The molecule has 206 valence electrons. The summed E-state index contributed by atoms with van der Waals surface area (Å²) in [5.74, 6) is 2.61. The van der Waals surface area contributed by atoms with Crippen molar-refractivity contribution in [1.82, 2.24) is 29.8 Å². The van der Waals surface area contributed by atoms with Crippen molar-refractivity contribution in [3.8, 4) is 0 Å². The molecule has 1 saturated heterocycles. The summed E-state index contributed by atoms with van der Waals surface area (Å²) in [6, 6.07) is 8.16. The summed E-state index contributed by atoms with van der Waals surface area (Å²) < 4.78 is 7.27. The van der Waals surface area contributed by atoms with Crippen molar-refractivity contribution >= 4 is 27.9 Å². The average Bonchev–Trinajstić information content (AvgIpc) is 3.55. The Morgan fingerprint density at radius 3 is 2.82 bits per heavy atom. The summed E-state index contributed by atoms with van der Waals surface area (Å²) in [4.78, 5) is 16.8. The second-order valence-electron chi connectivity index (χ2n) is 12.2. The summed E-state index contributed by atoms with van der Waals surface area (Å²) in [5.41, 5.74) is 10.2. The van der Waals surface area contributed by atoms with Crippen LogP contribution < -0.4 is 11.1 Å². The second-order valence-corrected chi connectivity index (χ2v) is 12.2. The molecule has 39 heavy (non-hydrogen) atoms. The number of hydrogen-bond donors (Lipinski definition) is 5. The lowest BCUT2D eigenvalue weighted by Crippen LogP contribution is -2.54. The number of aliphatic hydroxyl groups is 2. The van der Waals surface area contributed by atoms with Gasteiger partial charge in [-0.05, 0) is 62.3 Å². The maximum Gasteiger partial charge on any atom is 0.145 e. The van der Waals surface area contributed by atoms with Crippen LogP contribution in [-0.2, 0) is 11.2 Å². The van der Waals surface area contributed by atoms with E-state index in [1.165, 1.54) is 11.9 Å². The summed E-state index contributed by atoms with van der Waals surface area (Å²) in [6.45, 7) is 4.57. The molecule has 0 amide bonds. The Morgan fingerprint density at radius 1 is 1.18 bits per heavy atom. The number of nitrogens with two attached hydrogens (primary N) is 1. The number of anilines is 1. The Labute approximate surface area is 227 Å². The van der Waals surface area contributed by atoms with Gasteiger partial charge in [0.1, 0.15) is 29.7 Å². The van der Waals surface area contributed by atoms with Gasteiger partial charge in [0, 0.05) is 36.5 Å². The van der Waals surface area contributed by atoms with Gasteiger partial charge < -0.3 is 35.6 Å². The molecule has 4 heterocycles.